The molecular weight excluding hydrogens is 357 g/mol. The predicted molar refractivity (Wildman–Crippen MR) is 109 cm³/mol. The third-order valence-corrected chi connectivity index (χ3v) is 4.49. The number of nitrogens with one attached hydrogen (secondary N) is 2. The number of aromatic nitrogens is 4. The van der Waals surface area contributed by atoms with E-state index in [0.29, 0.717) is 23.7 Å². The molecule has 0 amide bonds. The Morgan fingerprint density at radius 1 is 1.11 bits per heavy atom. The minimum Gasteiger partial charge on any atom is -0.398 e. The highest BCUT2D eigenvalue weighted by molar-refractivity contribution is 6.01. The van der Waals surface area contributed by atoms with E-state index in [-0.39, 0.29) is 11.8 Å². The molecule has 0 aliphatic heterocycles. The Labute approximate surface area is 161 Å². The topological polar surface area (TPSA) is 119 Å². The number of nitrogens with two attached hydrogens (primary N) is 2. The van der Waals surface area contributed by atoms with Crippen molar-refractivity contribution >= 4 is 28.4 Å². The van der Waals surface area contributed by atoms with Crippen LogP contribution in [-0.4, -0.2) is 26.7 Å². The summed E-state index contributed by atoms with van der Waals surface area (Å²) in [5, 5.41) is 11.5. The number of aryl methyl sites for hydroxylation is 1. The molecular formula is C20H20FN7. The number of hydrogen-bond acceptors (Lipinski definition) is 6. The Balaban J connectivity index is 1.48. The first kappa shape index (κ1) is 17.7. The fourth-order valence-electron chi connectivity index (χ4n) is 3.19. The van der Waals surface area contributed by atoms with Crippen molar-refractivity contribution in [2.45, 2.75) is 12.8 Å². The Bertz CT molecular complexity index is 1120. The van der Waals surface area contributed by atoms with Crippen LogP contribution in [0.3, 0.4) is 0 Å². The van der Waals surface area contributed by atoms with Gasteiger partial charge in [-0.1, -0.05) is 12.1 Å². The number of rotatable bonds is 6. The first-order valence-corrected chi connectivity index (χ1v) is 8.95. The Morgan fingerprint density at radius 3 is 2.82 bits per heavy atom. The summed E-state index contributed by atoms with van der Waals surface area (Å²) in [5.74, 6) is 0.694. The van der Waals surface area contributed by atoms with Crippen LogP contribution in [0, 0.1) is 5.82 Å². The molecule has 0 radical (unpaired) electrons. The smallest absolute Gasteiger partial charge is 0.220 e. The highest BCUT2D eigenvalue weighted by Gasteiger charge is 2.12. The second-order valence-corrected chi connectivity index (χ2v) is 6.52. The molecule has 0 saturated carbocycles. The molecule has 0 saturated heterocycles. The van der Waals surface area contributed by atoms with E-state index in [4.69, 9.17) is 11.5 Å². The highest BCUT2D eigenvalue weighted by atomic mass is 19.1. The van der Waals surface area contributed by atoms with Gasteiger partial charge in [0.25, 0.3) is 0 Å². The Kier molecular flexibility index (Phi) is 4.76. The van der Waals surface area contributed by atoms with Gasteiger partial charge in [0.1, 0.15) is 5.82 Å². The zero-order valence-corrected chi connectivity index (χ0v) is 15.1. The molecule has 0 fully saturated rings. The first-order valence-electron chi connectivity index (χ1n) is 8.95. The average Bonchev–Trinajstić information content (AvgIpc) is 3.09. The normalized spacial score (nSPS) is 11.0. The van der Waals surface area contributed by atoms with E-state index in [1.807, 2.05) is 18.2 Å². The van der Waals surface area contributed by atoms with Gasteiger partial charge in [-0.15, -0.1) is 0 Å². The number of hydrogen-bond donors (Lipinski definition) is 4. The molecule has 0 aliphatic rings. The van der Waals surface area contributed by atoms with Crippen molar-refractivity contribution < 1.29 is 4.39 Å². The fraction of sp³-hybridized carbons (Fsp3) is 0.150. The van der Waals surface area contributed by atoms with Crippen LogP contribution < -0.4 is 16.8 Å². The van der Waals surface area contributed by atoms with Gasteiger partial charge in [0, 0.05) is 24.0 Å². The summed E-state index contributed by atoms with van der Waals surface area (Å²) in [5.41, 5.74) is 15.8. The van der Waals surface area contributed by atoms with Crippen molar-refractivity contribution in [3.05, 3.63) is 60.0 Å². The molecule has 0 atom stereocenters. The molecule has 28 heavy (non-hydrogen) atoms. The minimum absolute atomic E-state index is 0.210. The van der Waals surface area contributed by atoms with Crippen molar-refractivity contribution in [2.75, 3.05) is 23.3 Å². The lowest BCUT2D eigenvalue weighted by molar-refractivity contribution is 0.624. The number of fused-ring (bicyclic) bond motifs is 1. The SMILES string of the molecule is Nc1nccc(-c2cc(N)c3c(NCCCc4cccc(F)c4)n[nH]c3c2)n1. The molecule has 0 spiro atoms. The van der Waals surface area contributed by atoms with Gasteiger partial charge in [-0.3, -0.25) is 5.10 Å². The molecule has 2 heterocycles. The predicted octanol–water partition coefficient (Wildman–Crippen LogP) is 3.37. The summed E-state index contributed by atoms with van der Waals surface area (Å²) in [7, 11) is 0. The van der Waals surface area contributed by atoms with Gasteiger partial charge < -0.3 is 16.8 Å². The van der Waals surface area contributed by atoms with Crippen LogP contribution in [0.2, 0.25) is 0 Å². The van der Waals surface area contributed by atoms with Crippen LogP contribution in [0.4, 0.5) is 21.8 Å². The van der Waals surface area contributed by atoms with Crippen molar-refractivity contribution in [1.29, 1.82) is 0 Å². The molecule has 4 rings (SSSR count). The number of benzene rings is 2. The van der Waals surface area contributed by atoms with Crippen LogP contribution in [0.1, 0.15) is 12.0 Å². The maximum absolute atomic E-state index is 13.2. The molecule has 7 nitrogen and oxygen atoms in total. The molecule has 0 unspecified atom stereocenters. The zero-order valence-electron chi connectivity index (χ0n) is 15.1. The van der Waals surface area contributed by atoms with Gasteiger partial charge >= 0.3 is 0 Å². The quantitative estimate of drug-likeness (QED) is 0.302. The van der Waals surface area contributed by atoms with E-state index in [9.17, 15) is 4.39 Å². The van der Waals surface area contributed by atoms with Crippen LogP contribution >= 0.6 is 0 Å². The lowest BCUT2D eigenvalue weighted by Crippen LogP contribution is -2.04. The molecule has 142 valence electrons. The Hall–Kier alpha value is -3.68. The van der Waals surface area contributed by atoms with E-state index in [1.165, 1.54) is 6.07 Å². The van der Waals surface area contributed by atoms with Crippen molar-refractivity contribution in [2.24, 2.45) is 0 Å². The minimum atomic E-state index is -0.210. The van der Waals surface area contributed by atoms with Crippen LogP contribution in [-0.2, 0) is 6.42 Å². The first-order chi connectivity index (χ1) is 13.6. The molecule has 2 aromatic heterocycles. The standard InChI is InChI=1S/C20H20FN7/c21-14-5-1-3-12(9-14)4-2-7-24-19-18-15(22)10-13(11-17(18)27-28-19)16-6-8-25-20(23)26-16/h1,3,5-6,8-11H,2,4,7,22H2,(H2,23,25,26)(H2,24,27,28). The van der Waals surface area contributed by atoms with E-state index >= 15 is 0 Å². The third-order valence-electron chi connectivity index (χ3n) is 4.49. The van der Waals surface area contributed by atoms with Gasteiger partial charge in [-0.05, 0) is 48.7 Å². The lowest BCUT2D eigenvalue weighted by atomic mass is 10.1. The molecule has 0 bridgehead atoms. The molecule has 2 aromatic carbocycles. The van der Waals surface area contributed by atoms with Crippen molar-refractivity contribution in [3.63, 3.8) is 0 Å². The summed E-state index contributed by atoms with van der Waals surface area (Å²) in [6, 6.07) is 12.2. The summed E-state index contributed by atoms with van der Waals surface area (Å²) in [6.45, 7) is 0.695. The number of nitrogen functional groups attached to an aromatic ring is 2. The second-order valence-electron chi connectivity index (χ2n) is 6.52. The van der Waals surface area contributed by atoms with Crippen molar-refractivity contribution in [1.82, 2.24) is 20.2 Å². The summed E-state index contributed by atoms with van der Waals surface area (Å²) < 4.78 is 13.2. The maximum atomic E-state index is 13.2. The number of anilines is 3. The monoisotopic (exact) mass is 377 g/mol. The largest absolute Gasteiger partial charge is 0.398 e. The Morgan fingerprint density at radius 2 is 2.00 bits per heavy atom. The molecule has 0 aliphatic carbocycles. The molecule has 6 N–H and O–H groups in total. The van der Waals surface area contributed by atoms with Gasteiger partial charge in [0.05, 0.1) is 16.6 Å². The van der Waals surface area contributed by atoms with Crippen LogP contribution in [0.5, 0.6) is 0 Å². The second kappa shape index (κ2) is 7.51. The highest BCUT2D eigenvalue weighted by Crippen LogP contribution is 2.31. The average molecular weight is 377 g/mol. The summed E-state index contributed by atoms with van der Waals surface area (Å²) >= 11 is 0. The number of aromatic amines is 1. The number of halogens is 1. The number of H-pyrrole nitrogens is 1. The van der Waals surface area contributed by atoms with E-state index in [0.717, 1.165) is 34.9 Å². The van der Waals surface area contributed by atoms with Crippen LogP contribution in [0.25, 0.3) is 22.2 Å². The fourth-order valence-corrected chi connectivity index (χ4v) is 3.19. The van der Waals surface area contributed by atoms with E-state index in [2.05, 4.69) is 25.5 Å². The van der Waals surface area contributed by atoms with Gasteiger partial charge in [0.15, 0.2) is 5.82 Å². The van der Waals surface area contributed by atoms with Gasteiger partial charge in [-0.25, -0.2) is 14.4 Å². The van der Waals surface area contributed by atoms with Gasteiger partial charge in [-0.2, -0.15) is 5.10 Å². The summed E-state index contributed by atoms with van der Waals surface area (Å²) in [4.78, 5) is 8.14. The third kappa shape index (κ3) is 3.71. The van der Waals surface area contributed by atoms with Gasteiger partial charge in [0.2, 0.25) is 5.95 Å². The lowest BCUT2D eigenvalue weighted by Gasteiger charge is -2.07. The van der Waals surface area contributed by atoms with E-state index < -0.39 is 0 Å². The summed E-state index contributed by atoms with van der Waals surface area (Å²) in [6.07, 6.45) is 3.23. The molecule has 4 aromatic rings. The zero-order chi connectivity index (χ0) is 19.5. The maximum Gasteiger partial charge on any atom is 0.220 e. The van der Waals surface area contributed by atoms with Crippen LogP contribution in [0.15, 0.2) is 48.7 Å². The van der Waals surface area contributed by atoms with E-state index in [1.54, 1.807) is 24.4 Å². The number of nitrogens with zero attached hydrogens (tertiary/aromatic N) is 3. The molecule has 8 heteroatoms. The van der Waals surface area contributed by atoms with Crippen molar-refractivity contribution in [3.8, 4) is 11.3 Å².